The lowest BCUT2D eigenvalue weighted by atomic mass is 9.87. The molecule has 1 heterocycles. The largest absolute Gasteiger partial charge is 0.493 e. The van der Waals surface area contributed by atoms with Crippen molar-refractivity contribution >= 4 is 46.3 Å². The fraction of sp³-hybridized carbons (Fsp3) is 0.281. The maximum Gasteiger partial charge on any atom is 0.343 e. The molecular formula is C32H33NO6S2. The first-order valence-electron chi connectivity index (χ1n) is 13.0. The second-order valence-electron chi connectivity index (χ2n) is 10.4. The van der Waals surface area contributed by atoms with Crippen LogP contribution < -0.4 is 18.9 Å². The van der Waals surface area contributed by atoms with Gasteiger partial charge in [0.25, 0.3) is 5.91 Å². The topological polar surface area (TPSA) is 74.3 Å². The quantitative estimate of drug-likeness (QED) is 0.118. The summed E-state index contributed by atoms with van der Waals surface area (Å²) in [5.74, 6) is 1.31. The number of nitrogens with zero attached hydrogens (tertiary/aromatic N) is 1. The maximum atomic E-state index is 13.2. The van der Waals surface area contributed by atoms with E-state index in [0.717, 1.165) is 16.7 Å². The van der Waals surface area contributed by atoms with Gasteiger partial charge in [0.2, 0.25) is 0 Å². The van der Waals surface area contributed by atoms with E-state index < -0.39 is 5.97 Å². The molecule has 1 aliphatic heterocycles. The van der Waals surface area contributed by atoms with Gasteiger partial charge in [0, 0.05) is 6.54 Å². The van der Waals surface area contributed by atoms with Gasteiger partial charge in [-0.15, -0.1) is 0 Å². The third-order valence-corrected chi connectivity index (χ3v) is 8.00. The van der Waals surface area contributed by atoms with Crippen molar-refractivity contribution < 1.29 is 28.5 Å². The molecule has 1 fully saturated rings. The molecule has 0 saturated carbocycles. The Labute approximate surface area is 250 Å². The number of hydrogen-bond donors (Lipinski definition) is 0. The Morgan fingerprint density at radius 2 is 1.51 bits per heavy atom. The lowest BCUT2D eigenvalue weighted by Gasteiger charge is -2.19. The van der Waals surface area contributed by atoms with Crippen LogP contribution in [-0.2, 0) is 16.6 Å². The van der Waals surface area contributed by atoms with E-state index in [2.05, 4.69) is 20.8 Å². The molecule has 9 heteroatoms. The summed E-state index contributed by atoms with van der Waals surface area (Å²) in [6.07, 6.45) is 2.36. The van der Waals surface area contributed by atoms with Crippen LogP contribution in [0.4, 0.5) is 0 Å². The number of thiocarbonyl (C=S) groups is 1. The molecule has 4 rings (SSSR count). The summed E-state index contributed by atoms with van der Waals surface area (Å²) in [6, 6.07) is 18.2. The fourth-order valence-electron chi connectivity index (χ4n) is 4.24. The lowest BCUT2D eigenvalue weighted by molar-refractivity contribution is -0.122. The molecule has 3 aromatic rings. The minimum atomic E-state index is -0.480. The van der Waals surface area contributed by atoms with Gasteiger partial charge < -0.3 is 18.9 Å². The van der Waals surface area contributed by atoms with Crippen LogP contribution in [0.15, 0.2) is 65.6 Å². The first kappa shape index (κ1) is 30.1. The highest BCUT2D eigenvalue weighted by molar-refractivity contribution is 8.26. The van der Waals surface area contributed by atoms with Gasteiger partial charge in [0.15, 0.2) is 23.0 Å². The Kier molecular flexibility index (Phi) is 9.40. The van der Waals surface area contributed by atoms with Crippen molar-refractivity contribution in [2.75, 3.05) is 27.9 Å². The fourth-order valence-corrected chi connectivity index (χ4v) is 5.55. The average molecular weight is 592 g/mol. The molecule has 3 aromatic carbocycles. The summed E-state index contributed by atoms with van der Waals surface area (Å²) in [5, 5.41) is 0. The van der Waals surface area contributed by atoms with Crippen molar-refractivity contribution in [2.24, 2.45) is 0 Å². The van der Waals surface area contributed by atoms with Crippen LogP contribution in [0.25, 0.3) is 6.08 Å². The van der Waals surface area contributed by atoms with Gasteiger partial charge in [0.1, 0.15) is 4.32 Å². The summed E-state index contributed by atoms with van der Waals surface area (Å²) in [5.41, 5.74) is 3.28. The molecule has 214 valence electrons. The third kappa shape index (κ3) is 7.10. The van der Waals surface area contributed by atoms with E-state index in [1.165, 1.54) is 18.9 Å². The lowest BCUT2D eigenvalue weighted by Crippen LogP contribution is -2.30. The number of ether oxygens (including phenoxy) is 4. The highest BCUT2D eigenvalue weighted by Crippen LogP contribution is 2.36. The number of esters is 1. The smallest absolute Gasteiger partial charge is 0.343 e. The first-order chi connectivity index (χ1) is 19.5. The van der Waals surface area contributed by atoms with E-state index in [-0.39, 0.29) is 17.1 Å². The second kappa shape index (κ2) is 12.8. The zero-order valence-corrected chi connectivity index (χ0v) is 25.6. The van der Waals surface area contributed by atoms with Gasteiger partial charge >= 0.3 is 5.97 Å². The summed E-state index contributed by atoms with van der Waals surface area (Å²) < 4.78 is 22.3. The van der Waals surface area contributed by atoms with Crippen LogP contribution in [0.1, 0.15) is 47.8 Å². The highest BCUT2D eigenvalue weighted by Gasteiger charge is 2.31. The van der Waals surface area contributed by atoms with Gasteiger partial charge in [-0.2, -0.15) is 0 Å². The Hall–Kier alpha value is -3.82. The zero-order valence-electron chi connectivity index (χ0n) is 24.0. The minimum absolute atomic E-state index is 0.0135. The molecule has 1 aliphatic rings. The van der Waals surface area contributed by atoms with E-state index in [0.29, 0.717) is 45.0 Å². The van der Waals surface area contributed by atoms with E-state index in [1.54, 1.807) is 55.5 Å². The highest BCUT2D eigenvalue weighted by atomic mass is 32.2. The number of benzene rings is 3. The molecular weight excluding hydrogens is 558 g/mol. The summed E-state index contributed by atoms with van der Waals surface area (Å²) in [6.45, 7) is 6.79. The van der Waals surface area contributed by atoms with Gasteiger partial charge in [-0.25, -0.2) is 4.79 Å². The molecule has 1 amide bonds. The monoisotopic (exact) mass is 591 g/mol. The molecule has 41 heavy (non-hydrogen) atoms. The predicted octanol–water partition coefficient (Wildman–Crippen LogP) is 6.67. The normalized spacial score (nSPS) is 14.4. The van der Waals surface area contributed by atoms with E-state index >= 15 is 0 Å². The second-order valence-corrected chi connectivity index (χ2v) is 12.1. The molecule has 7 nitrogen and oxygen atoms in total. The number of methoxy groups -OCH3 is 3. The number of carbonyl (C=O) groups excluding carboxylic acids is 2. The standard InChI is InChI=1S/C32H33NO6S2/c1-32(2,3)23-11-9-22(10-12-23)30(35)39-25-14-8-21(18-27(25)38-6)19-28-29(34)33(31(40)41-28)16-15-20-7-13-24(36-4)26(17-20)37-5/h7-14,17-19H,15-16H2,1-6H3/b28-19-. The number of rotatable bonds is 9. The van der Waals surface area contributed by atoms with Crippen LogP contribution in [0.2, 0.25) is 0 Å². The van der Waals surface area contributed by atoms with Crippen molar-refractivity contribution in [2.45, 2.75) is 32.6 Å². The molecule has 0 aromatic heterocycles. The van der Waals surface area contributed by atoms with Crippen LogP contribution in [0.5, 0.6) is 23.0 Å². The van der Waals surface area contributed by atoms with Gasteiger partial charge in [0.05, 0.1) is 31.8 Å². The molecule has 0 unspecified atom stereocenters. The first-order valence-corrected chi connectivity index (χ1v) is 14.2. The average Bonchev–Trinajstić information content (AvgIpc) is 3.23. The molecule has 0 aliphatic carbocycles. The number of carbonyl (C=O) groups is 2. The van der Waals surface area contributed by atoms with Crippen LogP contribution in [-0.4, -0.2) is 49.0 Å². The van der Waals surface area contributed by atoms with Crippen molar-refractivity contribution in [3.8, 4) is 23.0 Å². The van der Waals surface area contributed by atoms with Crippen molar-refractivity contribution in [1.82, 2.24) is 4.90 Å². The molecule has 0 radical (unpaired) electrons. The van der Waals surface area contributed by atoms with Crippen LogP contribution in [0, 0.1) is 0 Å². The van der Waals surface area contributed by atoms with Crippen molar-refractivity contribution in [3.63, 3.8) is 0 Å². The predicted molar refractivity (Wildman–Crippen MR) is 166 cm³/mol. The number of hydrogen-bond acceptors (Lipinski definition) is 8. The van der Waals surface area contributed by atoms with E-state index in [9.17, 15) is 9.59 Å². The summed E-state index contributed by atoms with van der Waals surface area (Å²) in [4.78, 5) is 28.1. The number of thioether (sulfide) groups is 1. The Morgan fingerprint density at radius 3 is 2.15 bits per heavy atom. The Bertz CT molecular complexity index is 1490. The summed E-state index contributed by atoms with van der Waals surface area (Å²) >= 11 is 6.76. The van der Waals surface area contributed by atoms with Crippen molar-refractivity contribution in [3.05, 3.63) is 87.8 Å². The Morgan fingerprint density at radius 1 is 0.878 bits per heavy atom. The van der Waals surface area contributed by atoms with Gasteiger partial charge in [-0.05, 0) is 71.0 Å². The third-order valence-electron chi connectivity index (χ3n) is 6.62. The molecule has 0 N–H and O–H groups in total. The van der Waals surface area contributed by atoms with Gasteiger partial charge in [-0.1, -0.05) is 69.0 Å². The van der Waals surface area contributed by atoms with Crippen molar-refractivity contribution in [1.29, 1.82) is 0 Å². The zero-order chi connectivity index (χ0) is 29.7. The Balaban J connectivity index is 1.44. The van der Waals surface area contributed by atoms with Crippen LogP contribution in [0.3, 0.4) is 0 Å². The molecule has 0 bridgehead atoms. The molecule has 0 atom stereocenters. The maximum absolute atomic E-state index is 13.2. The summed E-state index contributed by atoms with van der Waals surface area (Å²) in [7, 11) is 4.68. The minimum Gasteiger partial charge on any atom is -0.493 e. The SMILES string of the molecule is COc1ccc(CCN2C(=O)/C(=C/c3ccc(OC(=O)c4ccc(C(C)(C)C)cc4)c(OC)c3)SC2=S)cc1OC. The van der Waals surface area contributed by atoms with Crippen LogP contribution >= 0.6 is 24.0 Å². The van der Waals surface area contributed by atoms with E-state index in [1.807, 2.05) is 30.3 Å². The molecule has 1 saturated heterocycles. The number of amides is 1. The van der Waals surface area contributed by atoms with Gasteiger partial charge in [-0.3, -0.25) is 9.69 Å². The van der Waals surface area contributed by atoms with E-state index in [4.69, 9.17) is 31.2 Å². The molecule has 0 spiro atoms.